The zero-order chi connectivity index (χ0) is 27.2. The molecule has 2 aromatic heterocycles. The lowest BCUT2D eigenvalue weighted by molar-refractivity contribution is -0.160. The summed E-state index contributed by atoms with van der Waals surface area (Å²) < 4.78 is 91.6. The Balaban J connectivity index is 1.62. The van der Waals surface area contributed by atoms with Crippen molar-refractivity contribution in [2.75, 3.05) is 6.26 Å². The first-order valence-electron chi connectivity index (χ1n) is 11.7. The van der Waals surface area contributed by atoms with E-state index < -0.39 is 68.2 Å². The monoisotopic (exact) mass is 547 g/mol. The maximum atomic E-state index is 14.4. The van der Waals surface area contributed by atoms with E-state index in [9.17, 15) is 36.2 Å². The van der Waals surface area contributed by atoms with Gasteiger partial charge in [0.1, 0.15) is 11.3 Å². The molecule has 0 saturated heterocycles. The van der Waals surface area contributed by atoms with Crippen molar-refractivity contribution in [2.24, 2.45) is 15.8 Å². The molecule has 0 radical (unpaired) electrons. The minimum absolute atomic E-state index is 0.0531. The van der Waals surface area contributed by atoms with Crippen molar-refractivity contribution >= 4 is 15.6 Å². The van der Waals surface area contributed by atoms with Gasteiger partial charge in [-0.3, -0.25) is 9.48 Å². The van der Waals surface area contributed by atoms with Gasteiger partial charge in [0.2, 0.25) is 5.92 Å². The van der Waals surface area contributed by atoms with Crippen LogP contribution in [0.4, 0.5) is 22.0 Å². The molecule has 5 rings (SSSR count). The molecule has 3 fully saturated rings. The quantitative estimate of drug-likeness (QED) is 0.413. The van der Waals surface area contributed by atoms with E-state index in [4.69, 9.17) is 4.78 Å². The van der Waals surface area contributed by atoms with Crippen LogP contribution in [0, 0.1) is 15.6 Å². The van der Waals surface area contributed by atoms with Gasteiger partial charge in [0.15, 0.2) is 5.03 Å². The van der Waals surface area contributed by atoms with Crippen LogP contribution in [0.5, 0.6) is 0 Å². The van der Waals surface area contributed by atoms with Gasteiger partial charge in [-0.2, -0.15) is 23.0 Å². The van der Waals surface area contributed by atoms with Crippen LogP contribution in [-0.2, 0) is 22.5 Å². The molecule has 2 heterocycles. The van der Waals surface area contributed by atoms with Crippen LogP contribution >= 0.6 is 0 Å². The van der Waals surface area contributed by atoms with Crippen LogP contribution in [0.25, 0.3) is 0 Å². The molecule has 1 atom stereocenters. The average Bonchev–Trinajstić information content (AvgIpc) is 3.40. The molecule has 0 aliphatic heterocycles. The Labute approximate surface area is 209 Å². The molecule has 1 amide bonds. The van der Waals surface area contributed by atoms with Crippen molar-refractivity contribution in [3.63, 3.8) is 0 Å². The summed E-state index contributed by atoms with van der Waals surface area (Å²) in [7, 11) is -3.46. The van der Waals surface area contributed by atoms with Crippen molar-refractivity contribution in [3.8, 4) is 0 Å². The van der Waals surface area contributed by atoms with Gasteiger partial charge in [-0.15, -0.1) is 0 Å². The van der Waals surface area contributed by atoms with E-state index in [1.807, 2.05) is 0 Å². The third-order valence-electron chi connectivity index (χ3n) is 7.58. The summed E-state index contributed by atoms with van der Waals surface area (Å²) in [6, 6.07) is 2.08. The summed E-state index contributed by atoms with van der Waals surface area (Å²) in [5.74, 6) is -4.72. The number of alkyl halides is 5. The number of carbonyl (C=O) groups is 1. The van der Waals surface area contributed by atoms with Gasteiger partial charge in [0, 0.05) is 43.8 Å². The van der Waals surface area contributed by atoms with Gasteiger partial charge in [0.05, 0.1) is 20.8 Å². The van der Waals surface area contributed by atoms with Gasteiger partial charge in [0.25, 0.3) is 5.91 Å². The second-order valence-electron chi connectivity index (χ2n) is 11.2. The fraction of sp³-hybridized carbons (Fsp3) is 0.609. The van der Waals surface area contributed by atoms with Crippen LogP contribution in [0.2, 0.25) is 0 Å². The molecular weight excluding hydrogens is 521 g/mol. The number of nitrogens with one attached hydrogen (secondary N) is 1. The first kappa shape index (κ1) is 25.9. The fourth-order valence-electron chi connectivity index (χ4n) is 5.80. The lowest BCUT2D eigenvalue weighted by Crippen LogP contribution is -2.47. The van der Waals surface area contributed by atoms with E-state index in [1.54, 1.807) is 0 Å². The Morgan fingerprint density at radius 1 is 1.30 bits per heavy atom. The van der Waals surface area contributed by atoms with Gasteiger partial charge >= 0.3 is 6.18 Å². The van der Waals surface area contributed by atoms with Crippen molar-refractivity contribution in [3.05, 3.63) is 40.6 Å². The minimum Gasteiger partial charge on any atom is -0.428 e. The molecule has 37 heavy (non-hydrogen) atoms. The SMILES string of the molecule is CC1(Cn2nc(C3CC4(CC4)C3)c(C(F)(F)F)c2C(=O)N=c2ccn(O)c(S(C)(=N)=O)c2)CC(F)(F)C1. The second-order valence-corrected chi connectivity index (χ2v) is 13.3. The van der Waals surface area contributed by atoms with Crippen LogP contribution in [0.1, 0.15) is 73.1 Å². The largest absolute Gasteiger partial charge is 0.428 e. The first-order valence-corrected chi connectivity index (χ1v) is 13.7. The van der Waals surface area contributed by atoms with E-state index in [0.717, 1.165) is 42.1 Å². The number of aromatic nitrogens is 3. The minimum atomic E-state index is -4.94. The zero-order valence-electron chi connectivity index (χ0n) is 20.1. The first-order chi connectivity index (χ1) is 16.9. The molecule has 0 bridgehead atoms. The highest BCUT2D eigenvalue weighted by molar-refractivity contribution is 7.91. The van der Waals surface area contributed by atoms with Crippen molar-refractivity contribution in [1.82, 2.24) is 14.5 Å². The van der Waals surface area contributed by atoms with Crippen LogP contribution in [0.3, 0.4) is 0 Å². The van der Waals surface area contributed by atoms with Crippen LogP contribution < -0.4 is 5.36 Å². The van der Waals surface area contributed by atoms with Crippen LogP contribution in [0.15, 0.2) is 28.3 Å². The highest BCUT2D eigenvalue weighted by atomic mass is 32.2. The van der Waals surface area contributed by atoms with E-state index in [-0.39, 0.29) is 23.0 Å². The molecule has 1 spiro atoms. The number of amides is 1. The molecule has 2 N–H and O–H groups in total. The number of halogens is 5. The molecular formula is C23H26F5N5O3S. The van der Waals surface area contributed by atoms with Crippen molar-refractivity contribution in [2.45, 2.75) is 75.0 Å². The third-order valence-corrected chi connectivity index (χ3v) is 8.69. The molecule has 3 aliphatic rings. The van der Waals surface area contributed by atoms with Crippen molar-refractivity contribution < 1.29 is 36.2 Å². The number of carbonyl (C=O) groups excluding carboxylic acids is 1. The van der Waals surface area contributed by atoms with E-state index in [1.165, 1.54) is 6.92 Å². The van der Waals surface area contributed by atoms with Gasteiger partial charge in [-0.1, -0.05) is 6.92 Å². The summed E-state index contributed by atoms with van der Waals surface area (Å²) in [6.07, 6.45) is -1.10. The van der Waals surface area contributed by atoms with Crippen molar-refractivity contribution in [1.29, 1.82) is 4.78 Å². The number of pyridine rings is 1. The lowest BCUT2D eigenvalue weighted by atomic mass is 9.67. The zero-order valence-corrected chi connectivity index (χ0v) is 20.9. The molecule has 202 valence electrons. The third kappa shape index (κ3) is 4.79. The van der Waals surface area contributed by atoms with E-state index in [0.29, 0.717) is 17.6 Å². The summed E-state index contributed by atoms with van der Waals surface area (Å²) in [6.45, 7) is 1.20. The Morgan fingerprint density at radius 2 is 1.92 bits per heavy atom. The summed E-state index contributed by atoms with van der Waals surface area (Å²) in [5.41, 5.74) is -3.30. The van der Waals surface area contributed by atoms with Gasteiger partial charge in [-0.05, 0) is 42.6 Å². The Bertz CT molecular complexity index is 1450. The Hall–Kier alpha value is -2.77. The fourth-order valence-corrected chi connectivity index (χ4v) is 6.57. The predicted octanol–water partition coefficient (Wildman–Crippen LogP) is 4.81. The predicted molar refractivity (Wildman–Crippen MR) is 120 cm³/mol. The number of rotatable bonds is 5. The van der Waals surface area contributed by atoms with Gasteiger partial charge < -0.3 is 5.21 Å². The topological polar surface area (TPSA) is 113 Å². The molecule has 2 aromatic rings. The molecule has 14 heteroatoms. The molecule has 8 nitrogen and oxygen atoms in total. The molecule has 3 saturated carbocycles. The smallest absolute Gasteiger partial charge is 0.420 e. The van der Waals surface area contributed by atoms with Crippen LogP contribution in [-0.4, -0.2) is 42.0 Å². The molecule has 1 unspecified atom stereocenters. The second kappa shape index (κ2) is 7.87. The average molecular weight is 548 g/mol. The maximum absolute atomic E-state index is 14.4. The van der Waals surface area contributed by atoms with E-state index in [2.05, 4.69) is 10.1 Å². The highest BCUT2D eigenvalue weighted by Gasteiger charge is 2.57. The highest BCUT2D eigenvalue weighted by Crippen LogP contribution is 2.66. The lowest BCUT2D eigenvalue weighted by Gasteiger charge is -2.44. The number of nitrogens with zero attached hydrogens (tertiary/aromatic N) is 4. The Kier molecular flexibility index (Phi) is 5.50. The summed E-state index contributed by atoms with van der Waals surface area (Å²) >= 11 is 0. The normalized spacial score (nSPS) is 23.8. The molecule has 0 aromatic carbocycles. The summed E-state index contributed by atoms with van der Waals surface area (Å²) in [5, 5.41) is 13.4. The molecule has 3 aliphatic carbocycles. The van der Waals surface area contributed by atoms with Gasteiger partial charge in [-0.25, -0.2) is 22.8 Å². The summed E-state index contributed by atoms with van der Waals surface area (Å²) in [4.78, 5) is 17.0. The maximum Gasteiger partial charge on any atom is 0.420 e. The number of hydrogen-bond donors (Lipinski definition) is 2. The Morgan fingerprint density at radius 3 is 2.43 bits per heavy atom. The van der Waals surface area contributed by atoms with E-state index >= 15 is 0 Å². The standard InChI is InChI=1S/C23H26F5N5O3S/c1-20(10-22(24,25)11-20)12-32-18(19(34)30-14-3-6-33(35)15(7-14)37(2,29)36)16(23(26,27)28)17(31-32)13-8-21(9-13)4-5-21/h3,6-7,13,29,35H,4-5,8-12H2,1-2H3. The number of hydrogen-bond acceptors (Lipinski definition) is 5.